The minimum absolute atomic E-state index is 0.776. The molecule has 1 aliphatic heterocycles. The molecule has 6 aliphatic carbocycles. The van der Waals surface area contributed by atoms with Crippen molar-refractivity contribution in [3.63, 3.8) is 0 Å². The zero-order valence-corrected chi connectivity index (χ0v) is 29.6. The van der Waals surface area contributed by atoms with Gasteiger partial charge < -0.3 is 0 Å². The van der Waals surface area contributed by atoms with E-state index in [0.717, 1.165) is 59.4 Å². The highest BCUT2D eigenvalue weighted by Gasteiger charge is 2.42. The Morgan fingerprint density at radius 2 is 0.800 bits per heavy atom. The van der Waals surface area contributed by atoms with Gasteiger partial charge in [0.05, 0.1) is 0 Å². The van der Waals surface area contributed by atoms with Crippen LogP contribution in [0.1, 0.15) is 174 Å². The van der Waals surface area contributed by atoms with Crippen molar-refractivity contribution in [3.8, 4) is 0 Å². The first-order valence-electron chi connectivity index (χ1n) is 21.1. The molecule has 0 spiro atoms. The highest BCUT2D eigenvalue weighted by molar-refractivity contribution is 5.19. The van der Waals surface area contributed by atoms with Crippen molar-refractivity contribution in [1.82, 2.24) is 4.90 Å². The second-order valence-electron chi connectivity index (χ2n) is 17.5. The Hall–Kier alpha value is -0.820. The molecule has 252 valence electrons. The fraction of sp³-hybridized carbons (Fsp3) is 0.864. The maximum absolute atomic E-state index is 3.06. The predicted octanol–water partition coefficient (Wildman–Crippen LogP) is 12.6. The summed E-state index contributed by atoms with van der Waals surface area (Å²) in [5.74, 6) is 6.92. The average molecular weight is 614 g/mol. The van der Waals surface area contributed by atoms with Gasteiger partial charge in [-0.1, -0.05) is 119 Å². The van der Waals surface area contributed by atoms with Gasteiger partial charge in [-0.2, -0.15) is 0 Å². The van der Waals surface area contributed by atoms with Crippen LogP contribution in [0.3, 0.4) is 0 Å². The number of rotatable bonds is 7. The molecule has 6 atom stereocenters. The lowest BCUT2D eigenvalue weighted by atomic mass is 9.70. The number of fused-ring (bicyclic) bond motifs is 2. The van der Waals surface area contributed by atoms with E-state index in [-0.39, 0.29) is 0 Å². The van der Waals surface area contributed by atoms with Crippen LogP contribution in [0.15, 0.2) is 35.5 Å². The van der Waals surface area contributed by atoms with E-state index >= 15 is 0 Å². The van der Waals surface area contributed by atoms with E-state index in [1.54, 1.807) is 0 Å². The molecular weight excluding hydrogens is 542 g/mol. The van der Waals surface area contributed by atoms with Crippen molar-refractivity contribution in [2.75, 3.05) is 6.54 Å². The van der Waals surface area contributed by atoms with Crippen molar-refractivity contribution in [2.24, 2.45) is 47.3 Å². The molecule has 1 heterocycles. The largest absolute Gasteiger partial charge is 0.297 e. The zero-order valence-electron chi connectivity index (χ0n) is 29.6. The topological polar surface area (TPSA) is 3.24 Å². The average Bonchev–Trinajstić information content (AvgIpc) is 3.27. The summed E-state index contributed by atoms with van der Waals surface area (Å²) < 4.78 is 0. The van der Waals surface area contributed by atoms with Crippen molar-refractivity contribution in [1.29, 1.82) is 0 Å². The fourth-order valence-corrected chi connectivity index (χ4v) is 12.5. The van der Waals surface area contributed by atoms with Crippen LogP contribution in [0.2, 0.25) is 0 Å². The molecule has 0 aromatic rings. The maximum atomic E-state index is 3.06. The van der Waals surface area contributed by atoms with Crippen LogP contribution in [-0.2, 0) is 0 Å². The summed E-state index contributed by atoms with van der Waals surface area (Å²) in [5, 5.41) is 0. The highest BCUT2D eigenvalue weighted by Crippen LogP contribution is 2.47. The van der Waals surface area contributed by atoms with Gasteiger partial charge in [0.15, 0.2) is 0 Å². The molecule has 7 rings (SSSR count). The zero-order chi connectivity index (χ0) is 30.4. The molecule has 6 fully saturated rings. The van der Waals surface area contributed by atoms with Crippen molar-refractivity contribution in [2.45, 2.75) is 186 Å². The predicted molar refractivity (Wildman–Crippen MR) is 193 cm³/mol. The molecule has 7 aliphatic rings. The fourth-order valence-electron chi connectivity index (χ4n) is 12.5. The SMILES string of the molecule is CCN1C2CCC(C=C(C3CCCCC3)C3CCCCC3)CC2C=CC2CC(C=C(C3CCCCC3)C3CCCCC3)CCC21. The van der Waals surface area contributed by atoms with E-state index < -0.39 is 0 Å². The van der Waals surface area contributed by atoms with Gasteiger partial charge in [0.2, 0.25) is 0 Å². The molecule has 0 amide bonds. The number of hydrogen-bond donors (Lipinski definition) is 0. The summed E-state index contributed by atoms with van der Waals surface area (Å²) in [6.07, 6.45) is 49.9. The quantitative estimate of drug-likeness (QED) is 0.258. The van der Waals surface area contributed by atoms with Crippen molar-refractivity contribution >= 4 is 0 Å². The van der Waals surface area contributed by atoms with Crippen LogP contribution in [0, 0.1) is 47.3 Å². The van der Waals surface area contributed by atoms with E-state index in [0.29, 0.717) is 0 Å². The van der Waals surface area contributed by atoms with Gasteiger partial charge >= 0.3 is 0 Å². The maximum Gasteiger partial charge on any atom is 0.0161 e. The Bertz CT molecular complexity index is 876. The van der Waals surface area contributed by atoms with Gasteiger partial charge in [-0.3, -0.25) is 4.90 Å². The van der Waals surface area contributed by atoms with E-state index in [1.807, 2.05) is 11.1 Å². The number of allylic oxidation sites excluding steroid dienone is 4. The smallest absolute Gasteiger partial charge is 0.0161 e. The lowest BCUT2D eigenvalue weighted by molar-refractivity contribution is 0.0412. The van der Waals surface area contributed by atoms with Crippen LogP contribution in [0.5, 0.6) is 0 Å². The van der Waals surface area contributed by atoms with Crippen LogP contribution in [0.4, 0.5) is 0 Å². The normalized spacial score (nSPS) is 36.5. The molecule has 0 N–H and O–H groups in total. The Kier molecular flexibility index (Phi) is 11.7. The molecule has 0 aromatic carbocycles. The molecule has 45 heavy (non-hydrogen) atoms. The van der Waals surface area contributed by atoms with Gasteiger partial charge in [-0.05, 0) is 144 Å². The lowest BCUT2D eigenvalue weighted by Crippen LogP contribution is -2.51. The molecule has 1 nitrogen and oxygen atoms in total. The Labute approximate surface area is 279 Å². The molecule has 0 bridgehead atoms. The molecule has 0 radical (unpaired) electrons. The summed E-state index contributed by atoms with van der Waals surface area (Å²) in [4.78, 5) is 3.06. The molecule has 6 saturated carbocycles. The Morgan fingerprint density at radius 3 is 1.11 bits per heavy atom. The van der Waals surface area contributed by atoms with Gasteiger partial charge in [0.1, 0.15) is 0 Å². The molecule has 1 heteroatoms. The van der Waals surface area contributed by atoms with E-state index in [1.165, 1.54) is 173 Å². The monoisotopic (exact) mass is 614 g/mol. The lowest BCUT2D eigenvalue weighted by Gasteiger charge is -2.47. The van der Waals surface area contributed by atoms with E-state index in [4.69, 9.17) is 0 Å². The third-order valence-corrected chi connectivity index (χ3v) is 14.8. The first kappa shape index (κ1) is 32.7. The van der Waals surface area contributed by atoms with Crippen molar-refractivity contribution < 1.29 is 0 Å². The first-order chi connectivity index (χ1) is 22.3. The Balaban J connectivity index is 1.07. The minimum Gasteiger partial charge on any atom is -0.297 e. The second kappa shape index (κ2) is 16.1. The minimum atomic E-state index is 0.776. The van der Waals surface area contributed by atoms with Crippen LogP contribution < -0.4 is 0 Å². The number of hydrogen-bond acceptors (Lipinski definition) is 1. The van der Waals surface area contributed by atoms with Gasteiger partial charge in [0.25, 0.3) is 0 Å². The highest BCUT2D eigenvalue weighted by atomic mass is 15.2. The standard InChI is InChI=1S/C44H71N/c1-2-45-43-27-23-33(31-41(35-15-7-3-8-16-35)36-17-9-4-10-18-36)29-39(43)25-26-40-30-34(24-28-44(40)45)32-42(37-19-11-5-12-20-37)38-21-13-6-14-22-38/h25-26,31-40,43-44H,2-24,27-30H2,1H3. The summed E-state index contributed by atoms with van der Waals surface area (Å²) in [5.41, 5.74) is 3.94. The summed E-state index contributed by atoms with van der Waals surface area (Å²) in [6.45, 7) is 3.75. The molecule has 0 aromatic heterocycles. The van der Waals surface area contributed by atoms with E-state index in [9.17, 15) is 0 Å². The van der Waals surface area contributed by atoms with E-state index in [2.05, 4.69) is 36.1 Å². The van der Waals surface area contributed by atoms with Gasteiger partial charge in [-0.25, -0.2) is 0 Å². The second-order valence-corrected chi connectivity index (χ2v) is 17.5. The number of nitrogens with zero attached hydrogens (tertiary/aromatic N) is 1. The molecule has 6 unspecified atom stereocenters. The summed E-state index contributed by atoms with van der Waals surface area (Å²) in [6, 6.07) is 1.59. The van der Waals surface area contributed by atoms with Crippen LogP contribution >= 0.6 is 0 Å². The Morgan fingerprint density at radius 1 is 0.467 bits per heavy atom. The third-order valence-electron chi connectivity index (χ3n) is 14.8. The first-order valence-corrected chi connectivity index (χ1v) is 21.1. The van der Waals surface area contributed by atoms with Crippen LogP contribution in [-0.4, -0.2) is 23.5 Å². The van der Waals surface area contributed by atoms with Crippen molar-refractivity contribution in [3.05, 3.63) is 35.5 Å². The van der Waals surface area contributed by atoms with Gasteiger partial charge in [0, 0.05) is 12.1 Å². The summed E-state index contributed by atoms with van der Waals surface area (Å²) >= 11 is 0. The third kappa shape index (κ3) is 7.92. The van der Waals surface area contributed by atoms with Gasteiger partial charge in [-0.15, -0.1) is 0 Å². The summed E-state index contributed by atoms with van der Waals surface area (Å²) in [7, 11) is 0. The molecule has 0 saturated heterocycles. The van der Waals surface area contributed by atoms with Crippen LogP contribution in [0.25, 0.3) is 0 Å². The molecular formula is C44H71N.